The van der Waals surface area contributed by atoms with Crippen LogP contribution in [0.1, 0.15) is 40.0 Å². The number of amides is 1. The Morgan fingerprint density at radius 2 is 2.04 bits per heavy atom. The Morgan fingerprint density at radius 1 is 1.30 bits per heavy atom. The molecule has 0 radical (unpaired) electrons. The molecule has 1 aromatic rings. The van der Waals surface area contributed by atoms with Crippen LogP contribution in [0.25, 0.3) is 0 Å². The molecule has 2 rings (SSSR count). The fraction of sp³-hybridized carbons (Fsp3) is 0.588. The summed E-state index contributed by atoms with van der Waals surface area (Å²) >= 11 is 0. The van der Waals surface area contributed by atoms with Crippen LogP contribution in [-0.2, 0) is 4.74 Å². The van der Waals surface area contributed by atoms with E-state index in [-0.39, 0.29) is 6.04 Å². The number of ether oxygens (including phenoxy) is 2. The molecular weight excluding hydrogens is 294 g/mol. The molecule has 1 saturated carbocycles. The van der Waals surface area contributed by atoms with Crippen LogP contribution in [0, 0.1) is 0 Å². The summed E-state index contributed by atoms with van der Waals surface area (Å²) in [4.78, 5) is 12.0. The summed E-state index contributed by atoms with van der Waals surface area (Å²) in [5, 5.41) is 6.20. The monoisotopic (exact) mass is 321 g/mol. The van der Waals surface area contributed by atoms with Gasteiger partial charge in [-0.25, -0.2) is 4.79 Å². The lowest BCUT2D eigenvalue weighted by Gasteiger charge is -2.21. The highest BCUT2D eigenvalue weighted by atomic mass is 16.6. The van der Waals surface area contributed by atoms with Crippen LogP contribution in [-0.4, -0.2) is 30.9 Å². The zero-order chi connectivity index (χ0) is 17.0. The third-order valence-electron chi connectivity index (χ3n) is 3.68. The Hall–Kier alpha value is -1.95. The fourth-order valence-electron chi connectivity index (χ4n) is 2.69. The van der Waals surface area contributed by atoms with Gasteiger partial charge in [0, 0.05) is 17.8 Å². The summed E-state index contributed by atoms with van der Waals surface area (Å²) in [6.45, 7) is 5.47. The Labute approximate surface area is 137 Å². The molecular formula is C17H27N3O3. The zero-order valence-corrected chi connectivity index (χ0v) is 14.3. The number of carbonyl (C=O) groups is 1. The second-order valence-electron chi connectivity index (χ2n) is 6.96. The summed E-state index contributed by atoms with van der Waals surface area (Å²) in [7, 11) is 1.57. The molecule has 1 aliphatic carbocycles. The molecule has 2 atom stereocenters. The quantitative estimate of drug-likeness (QED) is 0.792. The predicted octanol–water partition coefficient (Wildman–Crippen LogP) is 3.33. The summed E-state index contributed by atoms with van der Waals surface area (Å²) in [6.07, 6.45) is 2.55. The molecule has 0 spiro atoms. The molecule has 2 unspecified atom stereocenters. The Morgan fingerprint density at radius 3 is 2.61 bits per heavy atom. The molecule has 1 fully saturated rings. The lowest BCUT2D eigenvalue weighted by molar-refractivity contribution is 0.0635. The zero-order valence-electron chi connectivity index (χ0n) is 14.3. The van der Waals surface area contributed by atoms with Gasteiger partial charge in [0.2, 0.25) is 0 Å². The van der Waals surface area contributed by atoms with Crippen molar-refractivity contribution in [3.63, 3.8) is 0 Å². The summed E-state index contributed by atoms with van der Waals surface area (Å²) in [5.41, 5.74) is 6.90. The number of nitrogens with one attached hydrogen (secondary N) is 2. The van der Waals surface area contributed by atoms with E-state index in [0.717, 1.165) is 24.9 Å². The minimum atomic E-state index is -0.548. The van der Waals surface area contributed by atoms with Crippen LogP contribution in [0.3, 0.4) is 0 Å². The van der Waals surface area contributed by atoms with Crippen molar-refractivity contribution in [2.45, 2.75) is 57.7 Å². The molecule has 0 bridgehead atoms. The van der Waals surface area contributed by atoms with Gasteiger partial charge in [0.15, 0.2) is 0 Å². The maximum atomic E-state index is 12.0. The number of anilines is 2. The van der Waals surface area contributed by atoms with Crippen molar-refractivity contribution in [2.24, 2.45) is 5.73 Å². The van der Waals surface area contributed by atoms with E-state index >= 15 is 0 Å². The van der Waals surface area contributed by atoms with E-state index in [9.17, 15) is 4.79 Å². The number of benzene rings is 1. The Bertz CT molecular complexity index is 555. The van der Waals surface area contributed by atoms with Gasteiger partial charge in [0.1, 0.15) is 11.4 Å². The number of methoxy groups -OCH3 is 1. The number of hydrogen-bond donors (Lipinski definition) is 3. The second kappa shape index (κ2) is 7.08. The van der Waals surface area contributed by atoms with E-state index in [2.05, 4.69) is 10.6 Å². The Balaban J connectivity index is 2.07. The maximum Gasteiger partial charge on any atom is 0.412 e. The standard InChI is InChI=1S/C17H27N3O3/c1-17(2,3)23-16(21)20-14-10-13(7-8-15(14)22-4)19-12-6-5-11(18)9-12/h7-8,10-12,19H,5-6,9,18H2,1-4H3,(H,20,21). The van der Waals surface area contributed by atoms with Crippen LogP contribution in [0.2, 0.25) is 0 Å². The number of nitrogens with two attached hydrogens (primary N) is 1. The molecule has 0 heterocycles. The lowest BCUT2D eigenvalue weighted by atomic mass is 10.2. The first kappa shape index (κ1) is 17.4. The van der Waals surface area contributed by atoms with Crippen LogP contribution < -0.4 is 21.1 Å². The van der Waals surface area contributed by atoms with E-state index in [1.807, 2.05) is 39.0 Å². The van der Waals surface area contributed by atoms with Gasteiger partial charge in [-0.05, 0) is 58.2 Å². The van der Waals surface area contributed by atoms with Gasteiger partial charge in [-0.1, -0.05) is 0 Å². The third-order valence-corrected chi connectivity index (χ3v) is 3.68. The number of hydrogen-bond acceptors (Lipinski definition) is 5. The van der Waals surface area contributed by atoms with E-state index in [1.165, 1.54) is 0 Å². The smallest absolute Gasteiger partial charge is 0.412 e. The van der Waals surface area contributed by atoms with Crippen molar-refractivity contribution in [2.75, 3.05) is 17.7 Å². The first-order valence-corrected chi connectivity index (χ1v) is 7.97. The van der Waals surface area contributed by atoms with Crippen molar-refractivity contribution >= 4 is 17.5 Å². The fourth-order valence-corrected chi connectivity index (χ4v) is 2.69. The molecule has 4 N–H and O–H groups in total. The van der Waals surface area contributed by atoms with Crippen LogP contribution >= 0.6 is 0 Å². The molecule has 128 valence electrons. The predicted molar refractivity (Wildman–Crippen MR) is 92.1 cm³/mol. The van der Waals surface area contributed by atoms with Gasteiger partial charge in [-0.2, -0.15) is 0 Å². The third kappa shape index (κ3) is 5.32. The summed E-state index contributed by atoms with van der Waals surface area (Å²) < 4.78 is 10.6. The minimum absolute atomic E-state index is 0.269. The summed E-state index contributed by atoms with van der Waals surface area (Å²) in [6, 6.07) is 6.25. The van der Waals surface area contributed by atoms with E-state index in [0.29, 0.717) is 17.5 Å². The van der Waals surface area contributed by atoms with E-state index in [4.69, 9.17) is 15.2 Å². The van der Waals surface area contributed by atoms with Gasteiger partial charge in [0.05, 0.1) is 12.8 Å². The van der Waals surface area contributed by atoms with Gasteiger partial charge >= 0.3 is 6.09 Å². The highest BCUT2D eigenvalue weighted by Gasteiger charge is 2.22. The topological polar surface area (TPSA) is 85.6 Å². The van der Waals surface area contributed by atoms with Crippen LogP contribution in [0.5, 0.6) is 5.75 Å². The molecule has 6 heteroatoms. The molecule has 23 heavy (non-hydrogen) atoms. The first-order chi connectivity index (χ1) is 10.8. The first-order valence-electron chi connectivity index (χ1n) is 7.97. The normalized spacial score (nSPS) is 20.9. The van der Waals surface area contributed by atoms with Gasteiger partial charge in [-0.15, -0.1) is 0 Å². The molecule has 0 saturated heterocycles. The van der Waals surface area contributed by atoms with Crippen molar-refractivity contribution in [1.29, 1.82) is 0 Å². The van der Waals surface area contributed by atoms with Gasteiger partial charge in [0.25, 0.3) is 0 Å². The van der Waals surface area contributed by atoms with Gasteiger partial charge < -0.3 is 20.5 Å². The van der Waals surface area contributed by atoms with E-state index < -0.39 is 11.7 Å². The average Bonchev–Trinajstić information content (AvgIpc) is 2.82. The minimum Gasteiger partial charge on any atom is -0.495 e. The average molecular weight is 321 g/mol. The highest BCUT2D eigenvalue weighted by molar-refractivity contribution is 5.88. The van der Waals surface area contributed by atoms with Crippen molar-refractivity contribution in [1.82, 2.24) is 0 Å². The molecule has 0 aromatic heterocycles. The lowest BCUT2D eigenvalue weighted by Crippen LogP contribution is -2.27. The molecule has 1 amide bonds. The van der Waals surface area contributed by atoms with Crippen molar-refractivity contribution in [3.8, 4) is 5.75 Å². The second-order valence-corrected chi connectivity index (χ2v) is 6.96. The molecule has 0 aliphatic heterocycles. The van der Waals surface area contributed by atoms with E-state index in [1.54, 1.807) is 7.11 Å². The molecule has 1 aliphatic rings. The van der Waals surface area contributed by atoms with Crippen molar-refractivity contribution in [3.05, 3.63) is 18.2 Å². The highest BCUT2D eigenvalue weighted by Crippen LogP contribution is 2.30. The van der Waals surface area contributed by atoms with Crippen molar-refractivity contribution < 1.29 is 14.3 Å². The van der Waals surface area contributed by atoms with Gasteiger partial charge in [-0.3, -0.25) is 5.32 Å². The maximum absolute atomic E-state index is 12.0. The largest absolute Gasteiger partial charge is 0.495 e. The number of rotatable bonds is 4. The SMILES string of the molecule is COc1ccc(NC2CCC(N)C2)cc1NC(=O)OC(C)(C)C. The Kier molecular flexibility index (Phi) is 5.36. The number of carbonyl (C=O) groups excluding carboxylic acids is 1. The van der Waals surface area contributed by atoms with Crippen LogP contribution in [0.4, 0.5) is 16.2 Å². The molecule has 1 aromatic carbocycles. The van der Waals surface area contributed by atoms with Crippen LogP contribution in [0.15, 0.2) is 18.2 Å². The summed E-state index contributed by atoms with van der Waals surface area (Å²) in [5.74, 6) is 0.588. The molecule has 6 nitrogen and oxygen atoms in total.